The molecule has 7 heteroatoms. The van der Waals surface area contributed by atoms with Crippen LogP contribution in [0.25, 0.3) is 11.0 Å². The average Bonchev–Trinajstić information content (AvgIpc) is 2.80. The number of benzene rings is 1. The van der Waals surface area contributed by atoms with E-state index < -0.39 is 0 Å². The molecule has 0 bridgehead atoms. The van der Waals surface area contributed by atoms with E-state index in [0.717, 1.165) is 64.5 Å². The summed E-state index contributed by atoms with van der Waals surface area (Å²) in [6.07, 6.45) is 4.61. The third kappa shape index (κ3) is 2.60. The molecule has 0 fully saturated rings. The Morgan fingerprint density at radius 2 is 2.08 bits per heavy atom. The number of nitrogens with zero attached hydrogens (tertiary/aromatic N) is 4. The molecule has 3 aromatic rings. The van der Waals surface area contributed by atoms with Gasteiger partial charge in [0.1, 0.15) is 17.9 Å². The van der Waals surface area contributed by atoms with E-state index in [1.54, 1.807) is 0 Å². The van der Waals surface area contributed by atoms with E-state index in [-0.39, 0.29) is 6.04 Å². The van der Waals surface area contributed by atoms with Crippen LogP contribution in [0.5, 0.6) is 5.75 Å². The molecule has 0 aliphatic carbocycles. The van der Waals surface area contributed by atoms with Gasteiger partial charge in [0.15, 0.2) is 5.65 Å². The minimum atomic E-state index is -0.0922. The molecule has 3 heterocycles. The van der Waals surface area contributed by atoms with Crippen molar-refractivity contribution in [2.45, 2.75) is 46.1 Å². The lowest BCUT2D eigenvalue weighted by atomic mass is 9.96. The molecule has 0 saturated heterocycles. The third-order valence-corrected chi connectivity index (χ3v) is 5.60. The van der Waals surface area contributed by atoms with Crippen LogP contribution in [0.4, 0.5) is 5.82 Å². The Bertz CT molecular complexity index is 997. The largest absolute Gasteiger partial charge is 0.493 e. The molecule has 26 heavy (non-hydrogen) atoms. The molecule has 6 nitrogen and oxygen atoms in total. The Hall–Kier alpha value is -2.34. The molecule has 1 aliphatic rings. The molecule has 0 radical (unpaired) electrons. The van der Waals surface area contributed by atoms with E-state index in [1.165, 1.54) is 11.9 Å². The van der Waals surface area contributed by atoms with Crippen LogP contribution in [0.2, 0.25) is 5.02 Å². The first-order chi connectivity index (χ1) is 12.5. The first-order valence-electron chi connectivity index (χ1n) is 8.89. The Morgan fingerprint density at radius 3 is 2.88 bits per heavy atom. The first kappa shape index (κ1) is 17.1. The van der Waals surface area contributed by atoms with Crippen LogP contribution in [-0.4, -0.2) is 26.4 Å². The van der Waals surface area contributed by atoms with E-state index in [4.69, 9.17) is 22.1 Å². The number of ether oxygens (including phenoxy) is 1. The number of halogens is 1. The van der Waals surface area contributed by atoms with Gasteiger partial charge in [-0.15, -0.1) is 0 Å². The van der Waals surface area contributed by atoms with Crippen molar-refractivity contribution < 1.29 is 4.74 Å². The van der Waals surface area contributed by atoms with Crippen molar-refractivity contribution >= 4 is 28.5 Å². The van der Waals surface area contributed by atoms with Crippen molar-refractivity contribution in [3.05, 3.63) is 39.8 Å². The molecule has 0 amide bonds. The smallest absolute Gasteiger partial charge is 0.164 e. The van der Waals surface area contributed by atoms with Crippen molar-refractivity contribution in [2.24, 2.45) is 0 Å². The van der Waals surface area contributed by atoms with Gasteiger partial charge in [0.25, 0.3) is 0 Å². The molecule has 1 unspecified atom stereocenters. The zero-order chi connectivity index (χ0) is 18.4. The third-order valence-electron chi connectivity index (χ3n) is 5.21. The quantitative estimate of drug-likeness (QED) is 0.736. The highest BCUT2D eigenvalue weighted by atomic mass is 35.5. The highest BCUT2D eigenvalue weighted by molar-refractivity contribution is 6.31. The first-order valence-corrected chi connectivity index (χ1v) is 9.26. The summed E-state index contributed by atoms with van der Waals surface area (Å²) in [5.74, 6) is 1.39. The van der Waals surface area contributed by atoms with Crippen LogP contribution in [0.15, 0.2) is 12.4 Å². The van der Waals surface area contributed by atoms with Crippen LogP contribution < -0.4 is 10.5 Å². The second kappa shape index (κ2) is 6.43. The van der Waals surface area contributed by atoms with Crippen molar-refractivity contribution in [1.82, 2.24) is 19.7 Å². The Labute approximate surface area is 157 Å². The van der Waals surface area contributed by atoms with Gasteiger partial charge in [0, 0.05) is 10.6 Å². The summed E-state index contributed by atoms with van der Waals surface area (Å²) in [6, 6.07) is 1.91. The summed E-state index contributed by atoms with van der Waals surface area (Å²) in [5, 5.41) is 6.25. The fourth-order valence-electron chi connectivity index (χ4n) is 3.73. The predicted octanol–water partition coefficient (Wildman–Crippen LogP) is 4.00. The van der Waals surface area contributed by atoms with E-state index >= 15 is 0 Å². The highest BCUT2D eigenvalue weighted by Crippen LogP contribution is 2.40. The van der Waals surface area contributed by atoms with Crippen LogP contribution in [-0.2, 0) is 6.42 Å². The number of nitrogens with two attached hydrogens (primary N) is 1. The maximum atomic E-state index is 6.55. The summed E-state index contributed by atoms with van der Waals surface area (Å²) in [7, 11) is 0. The molecule has 1 aromatic carbocycles. The normalized spacial score (nSPS) is 15.4. The Balaban J connectivity index is 1.92. The van der Waals surface area contributed by atoms with Gasteiger partial charge in [-0.2, -0.15) is 5.10 Å². The average molecular weight is 372 g/mol. The van der Waals surface area contributed by atoms with Gasteiger partial charge in [0.2, 0.25) is 0 Å². The van der Waals surface area contributed by atoms with Crippen LogP contribution in [0.1, 0.15) is 48.2 Å². The zero-order valence-corrected chi connectivity index (χ0v) is 16.0. The standard InChI is InChI=1S/C19H22ClN5O/c1-10-13-6-4-5-7-26-17(13)14(8-15(10)20)12(3)25-19-16(11(2)24-25)18(21)22-9-23-19/h8-9,12H,4-7H2,1-3H3,(H2,21,22,23). The topological polar surface area (TPSA) is 78.9 Å². The molecule has 0 saturated carbocycles. The number of aromatic nitrogens is 4. The summed E-state index contributed by atoms with van der Waals surface area (Å²) in [5.41, 5.74) is 10.9. The molecule has 1 atom stereocenters. The van der Waals surface area contributed by atoms with Crippen LogP contribution in [0, 0.1) is 13.8 Å². The number of aryl methyl sites for hydroxylation is 1. The fraction of sp³-hybridized carbons (Fsp3) is 0.421. The van der Waals surface area contributed by atoms with E-state index in [2.05, 4.69) is 28.9 Å². The number of hydrogen-bond acceptors (Lipinski definition) is 5. The SMILES string of the molecule is Cc1c(Cl)cc(C(C)n2nc(C)c3c(N)ncnc32)c2c1CCCCO2. The summed E-state index contributed by atoms with van der Waals surface area (Å²) in [6.45, 7) is 6.79. The van der Waals surface area contributed by atoms with Gasteiger partial charge in [-0.3, -0.25) is 0 Å². The van der Waals surface area contributed by atoms with Gasteiger partial charge in [-0.25, -0.2) is 14.6 Å². The van der Waals surface area contributed by atoms with Crippen LogP contribution in [0.3, 0.4) is 0 Å². The molecule has 1 aliphatic heterocycles. The Kier molecular flexibility index (Phi) is 4.23. The van der Waals surface area contributed by atoms with Crippen molar-refractivity contribution in [3.63, 3.8) is 0 Å². The number of nitrogen functional groups attached to an aromatic ring is 1. The molecule has 136 valence electrons. The second-order valence-corrected chi connectivity index (χ2v) is 7.26. The van der Waals surface area contributed by atoms with E-state index in [1.807, 2.05) is 17.7 Å². The van der Waals surface area contributed by atoms with Gasteiger partial charge < -0.3 is 10.5 Å². The Morgan fingerprint density at radius 1 is 1.27 bits per heavy atom. The predicted molar refractivity (Wildman–Crippen MR) is 103 cm³/mol. The van der Waals surface area contributed by atoms with Crippen molar-refractivity contribution in [3.8, 4) is 5.75 Å². The minimum Gasteiger partial charge on any atom is -0.493 e. The van der Waals surface area contributed by atoms with Crippen molar-refractivity contribution in [2.75, 3.05) is 12.3 Å². The molecule has 2 aromatic heterocycles. The van der Waals surface area contributed by atoms with Gasteiger partial charge >= 0.3 is 0 Å². The number of anilines is 1. The summed E-state index contributed by atoms with van der Waals surface area (Å²) in [4.78, 5) is 8.50. The minimum absolute atomic E-state index is 0.0922. The molecule has 0 spiro atoms. The maximum absolute atomic E-state index is 6.55. The number of fused-ring (bicyclic) bond motifs is 2. The second-order valence-electron chi connectivity index (χ2n) is 6.85. The lowest BCUT2D eigenvalue weighted by Gasteiger charge is -2.21. The summed E-state index contributed by atoms with van der Waals surface area (Å²) >= 11 is 6.55. The molecule has 2 N–H and O–H groups in total. The highest BCUT2D eigenvalue weighted by Gasteiger charge is 2.25. The molecular formula is C19H22ClN5O. The molecular weight excluding hydrogens is 350 g/mol. The van der Waals surface area contributed by atoms with Crippen molar-refractivity contribution in [1.29, 1.82) is 0 Å². The monoisotopic (exact) mass is 371 g/mol. The van der Waals surface area contributed by atoms with Crippen LogP contribution >= 0.6 is 11.6 Å². The van der Waals surface area contributed by atoms with Gasteiger partial charge in [0.05, 0.1) is 23.7 Å². The van der Waals surface area contributed by atoms with E-state index in [9.17, 15) is 0 Å². The lowest BCUT2D eigenvalue weighted by molar-refractivity contribution is 0.310. The fourth-order valence-corrected chi connectivity index (χ4v) is 3.96. The zero-order valence-electron chi connectivity index (χ0n) is 15.2. The molecule has 4 rings (SSSR count). The number of hydrogen-bond donors (Lipinski definition) is 1. The number of rotatable bonds is 2. The summed E-state index contributed by atoms with van der Waals surface area (Å²) < 4.78 is 8.03. The van der Waals surface area contributed by atoms with Gasteiger partial charge in [-0.1, -0.05) is 11.6 Å². The lowest BCUT2D eigenvalue weighted by Crippen LogP contribution is -2.13. The van der Waals surface area contributed by atoms with Gasteiger partial charge in [-0.05, 0) is 57.2 Å². The maximum Gasteiger partial charge on any atom is 0.164 e. The van der Waals surface area contributed by atoms with E-state index in [0.29, 0.717) is 5.82 Å².